The lowest BCUT2D eigenvalue weighted by Gasteiger charge is -2.12. The first-order chi connectivity index (χ1) is 11.9. The molecule has 7 heteroatoms. The monoisotopic (exact) mass is 345 g/mol. The molecule has 0 bridgehead atoms. The summed E-state index contributed by atoms with van der Waals surface area (Å²) in [5, 5.41) is 7.64. The second-order valence-corrected chi connectivity index (χ2v) is 6.20. The van der Waals surface area contributed by atoms with E-state index in [1.54, 1.807) is 24.3 Å². The largest absolute Gasteiger partial charge is 0.451 e. The molecular weight excluding hydrogens is 322 g/mol. The molecule has 1 heterocycles. The maximum atomic E-state index is 12.5. The van der Waals surface area contributed by atoms with E-state index in [1.165, 1.54) is 4.68 Å². The zero-order valence-electron chi connectivity index (χ0n) is 14.7. The molecule has 0 unspecified atom stereocenters. The standard InChI is InChI=1S/C18H23N3O4/c1-4-9-19-15(22)11-25-18(24)16-13-7-5-6-8-14(13)17(23)21(20-16)10-12(2)3/h5-8,12H,4,9-11H2,1-3H3,(H,19,22). The van der Waals surface area contributed by atoms with Crippen LogP contribution in [0.25, 0.3) is 10.8 Å². The van der Waals surface area contributed by atoms with E-state index in [4.69, 9.17) is 4.74 Å². The zero-order valence-corrected chi connectivity index (χ0v) is 14.7. The van der Waals surface area contributed by atoms with E-state index in [9.17, 15) is 14.4 Å². The summed E-state index contributed by atoms with van der Waals surface area (Å²) in [6.07, 6.45) is 0.798. The fourth-order valence-corrected chi connectivity index (χ4v) is 2.37. The molecule has 1 aromatic carbocycles. The predicted molar refractivity (Wildman–Crippen MR) is 94.4 cm³/mol. The van der Waals surface area contributed by atoms with E-state index in [1.807, 2.05) is 20.8 Å². The Morgan fingerprint density at radius 1 is 1.24 bits per heavy atom. The third-order valence-corrected chi connectivity index (χ3v) is 3.51. The number of fused-ring (bicyclic) bond motifs is 1. The number of amides is 1. The third kappa shape index (κ3) is 4.65. The molecule has 0 aliphatic carbocycles. The summed E-state index contributed by atoms with van der Waals surface area (Å²) in [5.74, 6) is -0.898. The lowest BCUT2D eigenvalue weighted by molar-refractivity contribution is -0.124. The molecule has 134 valence electrons. The molecular formula is C18H23N3O4. The minimum Gasteiger partial charge on any atom is -0.451 e. The molecule has 7 nitrogen and oxygen atoms in total. The highest BCUT2D eigenvalue weighted by atomic mass is 16.5. The van der Waals surface area contributed by atoms with Gasteiger partial charge in [-0.25, -0.2) is 9.48 Å². The van der Waals surface area contributed by atoms with Crippen molar-refractivity contribution in [3.63, 3.8) is 0 Å². The topological polar surface area (TPSA) is 90.3 Å². The van der Waals surface area contributed by atoms with E-state index in [0.29, 0.717) is 23.9 Å². The fourth-order valence-electron chi connectivity index (χ4n) is 2.37. The van der Waals surface area contributed by atoms with E-state index in [0.717, 1.165) is 6.42 Å². The first kappa shape index (κ1) is 18.6. The van der Waals surface area contributed by atoms with E-state index >= 15 is 0 Å². The quantitative estimate of drug-likeness (QED) is 0.772. The normalized spacial score (nSPS) is 10.9. The van der Waals surface area contributed by atoms with Crippen molar-refractivity contribution in [2.24, 2.45) is 5.92 Å². The summed E-state index contributed by atoms with van der Waals surface area (Å²) < 4.78 is 6.34. The highest BCUT2D eigenvalue weighted by Gasteiger charge is 2.19. The number of nitrogens with zero attached hydrogens (tertiary/aromatic N) is 2. The van der Waals surface area contributed by atoms with Gasteiger partial charge >= 0.3 is 5.97 Å². The van der Waals surface area contributed by atoms with Crippen LogP contribution in [-0.4, -0.2) is 34.8 Å². The molecule has 0 saturated heterocycles. The highest BCUT2D eigenvalue weighted by Crippen LogP contribution is 2.14. The van der Waals surface area contributed by atoms with Gasteiger partial charge in [0.05, 0.1) is 5.39 Å². The molecule has 1 amide bonds. The average molecular weight is 345 g/mol. The molecule has 1 N–H and O–H groups in total. The average Bonchev–Trinajstić information content (AvgIpc) is 2.60. The Bertz CT molecular complexity index is 827. The minimum atomic E-state index is -0.722. The minimum absolute atomic E-state index is 0.0409. The van der Waals surface area contributed by atoms with Crippen molar-refractivity contribution >= 4 is 22.6 Å². The number of aromatic nitrogens is 2. The van der Waals surface area contributed by atoms with Crippen LogP contribution >= 0.6 is 0 Å². The van der Waals surface area contributed by atoms with Gasteiger partial charge < -0.3 is 10.1 Å². The Morgan fingerprint density at radius 2 is 1.92 bits per heavy atom. The predicted octanol–water partition coefficient (Wildman–Crippen LogP) is 1.74. The number of nitrogens with one attached hydrogen (secondary N) is 1. The van der Waals surface area contributed by atoms with Gasteiger partial charge in [0, 0.05) is 18.5 Å². The molecule has 0 aliphatic rings. The highest BCUT2D eigenvalue weighted by molar-refractivity contribution is 6.02. The second-order valence-electron chi connectivity index (χ2n) is 6.20. The van der Waals surface area contributed by atoms with Crippen LogP contribution in [0.2, 0.25) is 0 Å². The Morgan fingerprint density at radius 3 is 2.56 bits per heavy atom. The SMILES string of the molecule is CCCNC(=O)COC(=O)c1nn(CC(C)C)c(=O)c2ccccc12. The molecule has 2 rings (SSSR count). The van der Waals surface area contributed by atoms with Gasteiger partial charge in [0.2, 0.25) is 0 Å². The van der Waals surface area contributed by atoms with Crippen LogP contribution in [0.1, 0.15) is 37.7 Å². The van der Waals surface area contributed by atoms with E-state index in [-0.39, 0.29) is 29.7 Å². The number of hydrogen-bond donors (Lipinski definition) is 1. The van der Waals surface area contributed by atoms with Gasteiger partial charge in [-0.15, -0.1) is 0 Å². The van der Waals surface area contributed by atoms with Gasteiger partial charge in [-0.2, -0.15) is 5.10 Å². The van der Waals surface area contributed by atoms with Crippen molar-refractivity contribution in [3.05, 3.63) is 40.3 Å². The summed E-state index contributed by atoms with van der Waals surface area (Å²) in [5.41, 5.74) is -0.208. The van der Waals surface area contributed by atoms with E-state index in [2.05, 4.69) is 10.4 Å². The smallest absolute Gasteiger partial charge is 0.359 e. The number of carbonyl (C=O) groups is 2. The van der Waals surface area contributed by atoms with Crippen LogP contribution in [0.5, 0.6) is 0 Å². The maximum Gasteiger partial charge on any atom is 0.359 e. The van der Waals surface area contributed by atoms with Gasteiger partial charge in [-0.05, 0) is 18.4 Å². The number of benzene rings is 1. The van der Waals surface area contributed by atoms with Crippen molar-refractivity contribution in [1.82, 2.24) is 15.1 Å². The van der Waals surface area contributed by atoms with Crippen LogP contribution < -0.4 is 10.9 Å². The third-order valence-electron chi connectivity index (χ3n) is 3.51. The van der Waals surface area contributed by atoms with Gasteiger partial charge in [0.1, 0.15) is 0 Å². The van der Waals surface area contributed by atoms with Gasteiger partial charge in [0.15, 0.2) is 12.3 Å². The Kier molecular flexibility index (Phi) is 6.27. The number of rotatable bonds is 7. The lowest BCUT2D eigenvalue weighted by atomic mass is 10.1. The van der Waals surface area contributed by atoms with E-state index < -0.39 is 5.97 Å². The molecule has 0 atom stereocenters. The van der Waals surface area contributed by atoms with Gasteiger partial charge in [-0.1, -0.05) is 39.0 Å². The van der Waals surface area contributed by atoms with Crippen molar-refractivity contribution in [2.45, 2.75) is 33.7 Å². The Labute approximate surface area is 146 Å². The first-order valence-corrected chi connectivity index (χ1v) is 8.37. The number of ether oxygens (including phenoxy) is 1. The Hall–Kier alpha value is -2.70. The zero-order chi connectivity index (χ0) is 18.4. The number of hydrogen-bond acceptors (Lipinski definition) is 5. The number of esters is 1. The van der Waals surface area contributed by atoms with Crippen molar-refractivity contribution in [3.8, 4) is 0 Å². The summed E-state index contributed by atoms with van der Waals surface area (Å²) in [6, 6.07) is 6.76. The molecule has 1 aromatic heterocycles. The number of carbonyl (C=O) groups excluding carboxylic acids is 2. The van der Waals surface area contributed by atoms with Crippen molar-refractivity contribution in [1.29, 1.82) is 0 Å². The van der Waals surface area contributed by atoms with Gasteiger partial charge in [0.25, 0.3) is 11.5 Å². The fraction of sp³-hybridized carbons (Fsp3) is 0.444. The van der Waals surface area contributed by atoms with Crippen molar-refractivity contribution < 1.29 is 14.3 Å². The lowest BCUT2D eigenvalue weighted by Crippen LogP contribution is -2.31. The van der Waals surface area contributed by atoms with Crippen LogP contribution in [0.3, 0.4) is 0 Å². The van der Waals surface area contributed by atoms with Crippen LogP contribution in [-0.2, 0) is 16.1 Å². The molecule has 2 aromatic rings. The Balaban J connectivity index is 2.32. The summed E-state index contributed by atoms with van der Waals surface area (Å²) in [4.78, 5) is 36.5. The first-order valence-electron chi connectivity index (χ1n) is 8.37. The van der Waals surface area contributed by atoms with Crippen LogP contribution in [0, 0.1) is 5.92 Å². The molecule has 0 spiro atoms. The van der Waals surface area contributed by atoms with Crippen LogP contribution in [0.4, 0.5) is 0 Å². The molecule has 25 heavy (non-hydrogen) atoms. The molecule has 0 aliphatic heterocycles. The summed E-state index contributed by atoms with van der Waals surface area (Å²) in [6.45, 7) is 6.38. The maximum absolute atomic E-state index is 12.5. The van der Waals surface area contributed by atoms with Crippen molar-refractivity contribution in [2.75, 3.05) is 13.2 Å². The van der Waals surface area contributed by atoms with Gasteiger partial charge in [-0.3, -0.25) is 9.59 Å². The summed E-state index contributed by atoms with van der Waals surface area (Å²) in [7, 11) is 0. The second kappa shape index (κ2) is 8.41. The molecule has 0 saturated carbocycles. The molecule has 0 fully saturated rings. The summed E-state index contributed by atoms with van der Waals surface area (Å²) >= 11 is 0. The van der Waals surface area contributed by atoms with Crippen LogP contribution in [0.15, 0.2) is 29.1 Å². The molecule has 0 radical (unpaired) electrons.